The summed E-state index contributed by atoms with van der Waals surface area (Å²) >= 11 is 3.36. The molecule has 1 heterocycles. The maximum Gasteiger partial charge on any atom is 0.146 e. The Balaban J connectivity index is 2.76. The molecule has 0 aliphatic carbocycles. The lowest BCUT2D eigenvalue weighted by molar-refractivity contribution is 0.208. The van der Waals surface area contributed by atoms with Crippen LogP contribution in [0, 0.1) is 0 Å². The van der Waals surface area contributed by atoms with Gasteiger partial charge in [-0.05, 0) is 22.9 Å². The van der Waals surface area contributed by atoms with Crippen molar-refractivity contribution in [3.05, 3.63) is 10.8 Å². The second-order valence-corrected chi connectivity index (χ2v) is 3.66. The Kier molecular flexibility index (Phi) is 4.09. The minimum Gasteiger partial charge on any atom is -0.392 e. The molecule has 1 aromatic heterocycles. The summed E-state index contributed by atoms with van der Waals surface area (Å²) in [4.78, 5) is 8.05. The third kappa shape index (κ3) is 2.81. The van der Waals surface area contributed by atoms with Crippen LogP contribution in [0.15, 0.2) is 10.8 Å². The monoisotopic (exact) mass is 260 g/mol. The van der Waals surface area contributed by atoms with Gasteiger partial charge >= 0.3 is 0 Å². The molecule has 0 saturated heterocycles. The number of rotatable bonds is 4. The van der Waals surface area contributed by atoms with Gasteiger partial charge < -0.3 is 15.7 Å². The first-order valence-electron chi connectivity index (χ1n) is 4.25. The number of halogens is 1. The molecule has 0 aliphatic heterocycles. The zero-order valence-corrected chi connectivity index (χ0v) is 9.67. The molecule has 0 radical (unpaired) electrons. The molecule has 14 heavy (non-hydrogen) atoms. The molecule has 6 heteroatoms. The summed E-state index contributed by atoms with van der Waals surface area (Å²) in [5.74, 6) is 1.39. The van der Waals surface area contributed by atoms with E-state index in [0.717, 1.165) is 4.47 Å². The van der Waals surface area contributed by atoms with Crippen LogP contribution in [-0.2, 0) is 0 Å². The highest BCUT2D eigenvalue weighted by Crippen LogP contribution is 2.25. The first-order chi connectivity index (χ1) is 6.65. The van der Waals surface area contributed by atoms with Crippen LogP contribution in [0.25, 0.3) is 0 Å². The fourth-order valence-corrected chi connectivity index (χ4v) is 1.45. The van der Waals surface area contributed by atoms with Crippen molar-refractivity contribution in [3.63, 3.8) is 0 Å². The number of aromatic nitrogens is 2. The van der Waals surface area contributed by atoms with E-state index < -0.39 is 6.10 Å². The first-order valence-corrected chi connectivity index (χ1v) is 5.04. The van der Waals surface area contributed by atoms with Crippen molar-refractivity contribution in [2.45, 2.75) is 13.0 Å². The minimum atomic E-state index is -0.407. The van der Waals surface area contributed by atoms with Crippen molar-refractivity contribution < 1.29 is 5.11 Å². The molecule has 78 valence electrons. The van der Waals surface area contributed by atoms with Crippen LogP contribution in [0.3, 0.4) is 0 Å². The van der Waals surface area contributed by atoms with Gasteiger partial charge in [0.25, 0.3) is 0 Å². The molecule has 0 saturated carbocycles. The van der Waals surface area contributed by atoms with Crippen LogP contribution >= 0.6 is 15.9 Å². The van der Waals surface area contributed by atoms with E-state index in [0.29, 0.717) is 18.2 Å². The van der Waals surface area contributed by atoms with Crippen molar-refractivity contribution in [3.8, 4) is 0 Å². The minimum absolute atomic E-state index is 0.407. The van der Waals surface area contributed by atoms with Gasteiger partial charge in [0.05, 0.1) is 6.10 Å². The van der Waals surface area contributed by atoms with Crippen molar-refractivity contribution in [1.29, 1.82) is 0 Å². The lowest BCUT2D eigenvalue weighted by atomic mass is 10.4. The molecule has 0 aromatic carbocycles. The molecule has 0 amide bonds. The number of aliphatic hydroxyl groups is 1. The smallest absolute Gasteiger partial charge is 0.146 e. The Morgan fingerprint density at radius 1 is 1.50 bits per heavy atom. The SMILES string of the molecule is CNc1ncnc(NCC(C)O)c1Br. The first kappa shape index (κ1) is 11.2. The summed E-state index contributed by atoms with van der Waals surface area (Å²) in [6.07, 6.45) is 1.05. The van der Waals surface area contributed by atoms with Crippen molar-refractivity contribution in [2.75, 3.05) is 24.2 Å². The van der Waals surface area contributed by atoms with Gasteiger partial charge in [-0.1, -0.05) is 0 Å². The summed E-state index contributed by atoms with van der Waals surface area (Å²) < 4.78 is 0.767. The van der Waals surface area contributed by atoms with E-state index in [1.165, 1.54) is 6.33 Å². The summed E-state index contributed by atoms with van der Waals surface area (Å²) in [6, 6.07) is 0. The van der Waals surface area contributed by atoms with Crippen LogP contribution in [0.1, 0.15) is 6.92 Å². The number of nitrogens with zero attached hydrogens (tertiary/aromatic N) is 2. The molecule has 1 unspecified atom stereocenters. The van der Waals surface area contributed by atoms with Gasteiger partial charge in [-0.25, -0.2) is 9.97 Å². The Bertz CT molecular complexity index is 305. The van der Waals surface area contributed by atoms with Crippen molar-refractivity contribution >= 4 is 27.6 Å². The summed E-state index contributed by atoms with van der Waals surface area (Å²) in [6.45, 7) is 2.17. The highest BCUT2D eigenvalue weighted by Gasteiger charge is 2.07. The van der Waals surface area contributed by atoms with Crippen LogP contribution in [0.2, 0.25) is 0 Å². The predicted octanol–water partition coefficient (Wildman–Crippen LogP) is 1.07. The Labute approximate surface area is 91.1 Å². The van der Waals surface area contributed by atoms with Gasteiger partial charge in [-0.15, -0.1) is 0 Å². The molecule has 0 spiro atoms. The van der Waals surface area contributed by atoms with E-state index in [1.54, 1.807) is 14.0 Å². The molecule has 1 aromatic rings. The largest absolute Gasteiger partial charge is 0.392 e. The van der Waals surface area contributed by atoms with Crippen molar-refractivity contribution in [1.82, 2.24) is 9.97 Å². The normalized spacial score (nSPS) is 12.3. The van der Waals surface area contributed by atoms with Gasteiger partial charge in [0, 0.05) is 13.6 Å². The molecular formula is C8H13BrN4O. The number of hydrogen-bond donors (Lipinski definition) is 3. The van der Waals surface area contributed by atoms with Crippen LogP contribution < -0.4 is 10.6 Å². The molecule has 1 atom stereocenters. The topological polar surface area (TPSA) is 70.1 Å². The van der Waals surface area contributed by atoms with E-state index >= 15 is 0 Å². The average molecular weight is 261 g/mol. The number of aliphatic hydroxyl groups excluding tert-OH is 1. The predicted molar refractivity (Wildman–Crippen MR) is 59.4 cm³/mol. The number of nitrogens with one attached hydrogen (secondary N) is 2. The number of hydrogen-bond acceptors (Lipinski definition) is 5. The van der Waals surface area contributed by atoms with Gasteiger partial charge in [-0.2, -0.15) is 0 Å². The van der Waals surface area contributed by atoms with E-state index in [9.17, 15) is 0 Å². The fourth-order valence-electron chi connectivity index (χ4n) is 0.912. The van der Waals surface area contributed by atoms with E-state index in [1.807, 2.05) is 0 Å². The number of anilines is 2. The molecule has 5 nitrogen and oxygen atoms in total. The lowest BCUT2D eigenvalue weighted by Crippen LogP contribution is -2.16. The standard InChI is InChI=1S/C8H13BrN4O/c1-5(14)3-11-8-6(9)7(10-2)12-4-13-8/h4-5,14H,3H2,1-2H3,(H2,10,11,12,13). The van der Waals surface area contributed by atoms with Gasteiger partial charge in [0.2, 0.25) is 0 Å². The molecule has 0 bridgehead atoms. The fraction of sp³-hybridized carbons (Fsp3) is 0.500. The molecule has 3 N–H and O–H groups in total. The zero-order chi connectivity index (χ0) is 10.6. The third-order valence-corrected chi connectivity index (χ3v) is 2.34. The van der Waals surface area contributed by atoms with E-state index in [-0.39, 0.29) is 0 Å². The molecule has 0 fully saturated rings. The van der Waals surface area contributed by atoms with Crippen LogP contribution in [-0.4, -0.2) is 34.8 Å². The summed E-state index contributed by atoms with van der Waals surface area (Å²) in [5.41, 5.74) is 0. The third-order valence-electron chi connectivity index (χ3n) is 1.59. The van der Waals surface area contributed by atoms with Crippen LogP contribution in [0.5, 0.6) is 0 Å². The second-order valence-electron chi connectivity index (χ2n) is 2.86. The quantitative estimate of drug-likeness (QED) is 0.756. The molecule has 0 aliphatic rings. The zero-order valence-electron chi connectivity index (χ0n) is 8.08. The summed E-state index contributed by atoms with van der Waals surface area (Å²) in [5, 5.41) is 15.0. The Morgan fingerprint density at radius 2 is 2.14 bits per heavy atom. The Hall–Kier alpha value is -0.880. The average Bonchev–Trinajstić information content (AvgIpc) is 2.16. The lowest BCUT2D eigenvalue weighted by Gasteiger charge is -2.10. The van der Waals surface area contributed by atoms with E-state index in [2.05, 4.69) is 36.5 Å². The molecular weight excluding hydrogens is 248 g/mol. The van der Waals surface area contributed by atoms with E-state index in [4.69, 9.17) is 5.11 Å². The maximum atomic E-state index is 9.09. The second kappa shape index (κ2) is 5.11. The maximum absolute atomic E-state index is 9.09. The van der Waals surface area contributed by atoms with Crippen LogP contribution in [0.4, 0.5) is 11.6 Å². The van der Waals surface area contributed by atoms with Gasteiger partial charge in [-0.3, -0.25) is 0 Å². The molecule has 1 rings (SSSR count). The highest BCUT2D eigenvalue weighted by atomic mass is 79.9. The van der Waals surface area contributed by atoms with Gasteiger partial charge in [0.15, 0.2) is 0 Å². The Morgan fingerprint density at radius 3 is 2.71 bits per heavy atom. The van der Waals surface area contributed by atoms with Crippen molar-refractivity contribution in [2.24, 2.45) is 0 Å². The summed E-state index contributed by atoms with van der Waals surface area (Å²) in [7, 11) is 1.78. The highest BCUT2D eigenvalue weighted by molar-refractivity contribution is 9.10. The van der Waals surface area contributed by atoms with Gasteiger partial charge in [0.1, 0.15) is 22.4 Å².